The average molecular weight is 328 g/mol. The van der Waals surface area contributed by atoms with Gasteiger partial charge in [-0.2, -0.15) is 0 Å². The molecule has 0 aliphatic carbocycles. The van der Waals surface area contributed by atoms with Crippen molar-refractivity contribution in [3.8, 4) is 5.75 Å². The molecule has 6 heteroatoms. The van der Waals surface area contributed by atoms with E-state index in [0.29, 0.717) is 17.4 Å². The molecule has 0 aliphatic heterocycles. The molecule has 2 aromatic carbocycles. The number of nitrogens with zero attached hydrogens (tertiary/aromatic N) is 1. The third-order valence-electron chi connectivity index (χ3n) is 3.52. The Hall–Kier alpha value is -2.60. The number of carboxylic acids is 1. The van der Waals surface area contributed by atoms with Crippen LogP contribution in [0.3, 0.4) is 0 Å². The highest BCUT2D eigenvalue weighted by Crippen LogP contribution is 2.29. The second kappa shape index (κ2) is 6.66. The van der Waals surface area contributed by atoms with Gasteiger partial charge in [-0.25, -0.2) is 4.98 Å². The SMILES string of the molecule is COc1ccc2ccccc2c1CNc1nc(CC(=O)O)cs1. The van der Waals surface area contributed by atoms with E-state index in [4.69, 9.17) is 9.84 Å². The van der Waals surface area contributed by atoms with Crippen LogP contribution in [0.15, 0.2) is 41.8 Å². The summed E-state index contributed by atoms with van der Waals surface area (Å²) in [5.74, 6) is -0.0592. The van der Waals surface area contributed by atoms with Crippen molar-refractivity contribution in [2.75, 3.05) is 12.4 Å². The molecule has 3 aromatic rings. The fourth-order valence-electron chi connectivity index (χ4n) is 2.48. The molecule has 5 nitrogen and oxygen atoms in total. The molecule has 0 atom stereocenters. The van der Waals surface area contributed by atoms with E-state index < -0.39 is 5.97 Å². The third-order valence-corrected chi connectivity index (χ3v) is 4.37. The highest BCUT2D eigenvalue weighted by molar-refractivity contribution is 7.13. The largest absolute Gasteiger partial charge is 0.496 e. The van der Waals surface area contributed by atoms with Crippen LogP contribution in [0.5, 0.6) is 5.75 Å². The number of thiazole rings is 1. The zero-order valence-electron chi connectivity index (χ0n) is 12.6. The van der Waals surface area contributed by atoms with Crippen molar-refractivity contribution < 1.29 is 14.6 Å². The maximum absolute atomic E-state index is 10.7. The summed E-state index contributed by atoms with van der Waals surface area (Å²) >= 11 is 1.40. The van der Waals surface area contributed by atoms with Gasteiger partial charge in [-0.3, -0.25) is 4.79 Å². The second-order valence-corrected chi connectivity index (χ2v) is 5.89. The number of methoxy groups -OCH3 is 1. The first-order valence-electron chi connectivity index (χ1n) is 7.12. The Kier molecular flexibility index (Phi) is 4.43. The standard InChI is InChI=1S/C17H16N2O3S/c1-22-15-7-6-11-4-2-3-5-13(11)14(15)9-18-17-19-12(10-23-17)8-16(20)21/h2-7,10H,8-9H2,1H3,(H,18,19)(H,20,21). The lowest BCUT2D eigenvalue weighted by atomic mass is 10.0. The minimum atomic E-state index is -0.877. The summed E-state index contributed by atoms with van der Waals surface area (Å²) in [4.78, 5) is 15.0. The van der Waals surface area contributed by atoms with E-state index >= 15 is 0 Å². The predicted molar refractivity (Wildman–Crippen MR) is 91.3 cm³/mol. The molecule has 23 heavy (non-hydrogen) atoms. The van der Waals surface area contributed by atoms with Gasteiger partial charge in [0.2, 0.25) is 0 Å². The Morgan fingerprint density at radius 1 is 1.30 bits per heavy atom. The van der Waals surface area contributed by atoms with Crippen molar-refractivity contribution in [1.29, 1.82) is 0 Å². The number of anilines is 1. The van der Waals surface area contributed by atoms with Crippen molar-refractivity contribution in [3.63, 3.8) is 0 Å². The third kappa shape index (κ3) is 3.43. The van der Waals surface area contributed by atoms with Crippen LogP contribution in [0.25, 0.3) is 10.8 Å². The number of benzene rings is 2. The number of carboxylic acid groups (broad SMARTS) is 1. The van der Waals surface area contributed by atoms with E-state index in [-0.39, 0.29) is 6.42 Å². The maximum Gasteiger partial charge on any atom is 0.309 e. The van der Waals surface area contributed by atoms with Gasteiger partial charge in [-0.05, 0) is 16.8 Å². The molecule has 0 spiro atoms. The zero-order chi connectivity index (χ0) is 16.2. The normalized spacial score (nSPS) is 10.7. The van der Waals surface area contributed by atoms with Crippen LogP contribution in [0, 0.1) is 0 Å². The van der Waals surface area contributed by atoms with Crippen molar-refractivity contribution in [2.24, 2.45) is 0 Å². The molecule has 118 valence electrons. The van der Waals surface area contributed by atoms with Crippen molar-refractivity contribution >= 4 is 33.2 Å². The molecular formula is C17H16N2O3S. The van der Waals surface area contributed by atoms with Gasteiger partial charge in [-0.1, -0.05) is 30.3 Å². The summed E-state index contributed by atoms with van der Waals surface area (Å²) in [5, 5.41) is 16.8. The number of fused-ring (bicyclic) bond motifs is 1. The van der Waals surface area contributed by atoms with E-state index in [2.05, 4.69) is 22.4 Å². The molecule has 0 radical (unpaired) electrons. The highest BCUT2D eigenvalue weighted by atomic mass is 32.1. The lowest BCUT2D eigenvalue weighted by Crippen LogP contribution is -2.04. The van der Waals surface area contributed by atoms with E-state index in [1.807, 2.05) is 24.3 Å². The van der Waals surface area contributed by atoms with Crippen LogP contribution in [0.1, 0.15) is 11.3 Å². The van der Waals surface area contributed by atoms with Crippen molar-refractivity contribution in [2.45, 2.75) is 13.0 Å². The van der Waals surface area contributed by atoms with Gasteiger partial charge >= 0.3 is 5.97 Å². The van der Waals surface area contributed by atoms with Crippen LogP contribution in [-0.2, 0) is 17.8 Å². The number of aliphatic carboxylic acids is 1. The molecule has 0 unspecified atom stereocenters. The summed E-state index contributed by atoms with van der Waals surface area (Å²) in [5.41, 5.74) is 1.62. The van der Waals surface area contributed by atoms with E-state index in [1.54, 1.807) is 12.5 Å². The number of nitrogens with one attached hydrogen (secondary N) is 1. The number of ether oxygens (including phenoxy) is 1. The monoisotopic (exact) mass is 328 g/mol. The number of aromatic nitrogens is 1. The number of carbonyl (C=O) groups is 1. The highest BCUT2D eigenvalue weighted by Gasteiger charge is 2.10. The molecule has 0 fully saturated rings. The van der Waals surface area contributed by atoms with Gasteiger partial charge < -0.3 is 15.2 Å². The molecule has 0 saturated carbocycles. The topological polar surface area (TPSA) is 71.5 Å². The fraction of sp³-hybridized carbons (Fsp3) is 0.176. The fourth-order valence-corrected chi connectivity index (χ4v) is 3.19. The molecule has 0 aliphatic rings. The Balaban J connectivity index is 1.83. The Morgan fingerprint density at radius 3 is 2.91 bits per heavy atom. The average Bonchev–Trinajstić information content (AvgIpc) is 2.99. The van der Waals surface area contributed by atoms with Crippen LogP contribution in [-0.4, -0.2) is 23.2 Å². The minimum absolute atomic E-state index is 0.0598. The summed E-state index contributed by atoms with van der Waals surface area (Å²) in [7, 11) is 1.65. The van der Waals surface area contributed by atoms with Gasteiger partial charge in [0.15, 0.2) is 5.13 Å². The van der Waals surface area contributed by atoms with Crippen molar-refractivity contribution in [3.05, 3.63) is 53.0 Å². The molecule has 2 N–H and O–H groups in total. The maximum atomic E-state index is 10.7. The van der Waals surface area contributed by atoms with Crippen LogP contribution in [0.4, 0.5) is 5.13 Å². The number of hydrogen-bond acceptors (Lipinski definition) is 5. The Labute approximate surface area is 137 Å². The molecule has 1 aromatic heterocycles. The quantitative estimate of drug-likeness (QED) is 0.724. The molecule has 0 saturated heterocycles. The van der Waals surface area contributed by atoms with Gasteiger partial charge in [0.25, 0.3) is 0 Å². The van der Waals surface area contributed by atoms with Gasteiger partial charge in [0.05, 0.1) is 19.2 Å². The van der Waals surface area contributed by atoms with Crippen LogP contribution in [0.2, 0.25) is 0 Å². The number of rotatable bonds is 6. The molecule has 1 heterocycles. The van der Waals surface area contributed by atoms with E-state index in [9.17, 15) is 4.79 Å². The minimum Gasteiger partial charge on any atom is -0.496 e. The van der Waals surface area contributed by atoms with Crippen molar-refractivity contribution in [1.82, 2.24) is 4.98 Å². The van der Waals surface area contributed by atoms with Gasteiger partial charge in [-0.15, -0.1) is 11.3 Å². The lowest BCUT2D eigenvalue weighted by Gasteiger charge is -2.12. The smallest absolute Gasteiger partial charge is 0.309 e. The predicted octanol–water partition coefficient (Wildman–Crippen LogP) is 3.54. The molecule has 0 bridgehead atoms. The molecule has 0 amide bonds. The Morgan fingerprint density at radius 2 is 2.13 bits per heavy atom. The van der Waals surface area contributed by atoms with E-state index in [1.165, 1.54) is 11.3 Å². The first-order valence-corrected chi connectivity index (χ1v) is 8.00. The van der Waals surface area contributed by atoms with E-state index in [0.717, 1.165) is 22.1 Å². The summed E-state index contributed by atoms with van der Waals surface area (Å²) in [6.45, 7) is 0.560. The van der Waals surface area contributed by atoms with Crippen LogP contribution < -0.4 is 10.1 Å². The lowest BCUT2D eigenvalue weighted by molar-refractivity contribution is -0.136. The Bertz CT molecular complexity index is 845. The van der Waals surface area contributed by atoms with Gasteiger partial charge in [0, 0.05) is 17.5 Å². The molecule has 3 rings (SSSR count). The second-order valence-electron chi connectivity index (χ2n) is 5.04. The summed E-state index contributed by atoms with van der Waals surface area (Å²) in [6, 6.07) is 12.1. The molecular weight excluding hydrogens is 312 g/mol. The number of hydrogen-bond donors (Lipinski definition) is 2. The zero-order valence-corrected chi connectivity index (χ0v) is 13.4. The summed E-state index contributed by atoms with van der Waals surface area (Å²) in [6.07, 6.45) is -0.0598. The van der Waals surface area contributed by atoms with Crippen LogP contribution >= 0.6 is 11.3 Å². The first kappa shape index (κ1) is 15.3. The first-order chi connectivity index (χ1) is 11.2. The summed E-state index contributed by atoms with van der Waals surface area (Å²) < 4.78 is 5.46. The van der Waals surface area contributed by atoms with Gasteiger partial charge in [0.1, 0.15) is 5.75 Å².